The van der Waals surface area contributed by atoms with E-state index in [9.17, 15) is 9.90 Å². The first-order valence-electron chi connectivity index (χ1n) is 8.80. The largest absolute Gasteiger partial charge is 0.395 e. The van der Waals surface area contributed by atoms with Gasteiger partial charge in [0.15, 0.2) is 0 Å². The summed E-state index contributed by atoms with van der Waals surface area (Å²) in [7, 11) is 1.79. The van der Waals surface area contributed by atoms with Crippen LogP contribution in [0.2, 0.25) is 0 Å². The minimum Gasteiger partial charge on any atom is -0.395 e. The number of benzene rings is 1. The number of hydrogen-bond donors (Lipinski definition) is 1. The van der Waals surface area contributed by atoms with Crippen molar-refractivity contribution >= 4 is 5.91 Å². The summed E-state index contributed by atoms with van der Waals surface area (Å²) < 4.78 is 5.88. The van der Waals surface area contributed by atoms with E-state index in [0.29, 0.717) is 6.54 Å². The molecule has 0 spiro atoms. The van der Waals surface area contributed by atoms with Crippen LogP contribution in [-0.2, 0) is 22.4 Å². The highest BCUT2D eigenvalue weighted by molar-refractivity contribution is 5.88. The number of rotatable bonds is 4. The fourth-order valence-electron chi connectivity index (χ4n) is 4.24. The molecule has 1 aromatic rings. The first-order chi connectivity index (χ1) is 11.5. The molecule has 2 aliphatic rings. The maximum Gasteiger partial charge on any atom is 0.243 e. The molecule has 132 valence electrons. The highest BCUT2D eigenvalue weighted by Crippen LogP contribution is 2.37. The molecule has 1 fully saturated rings. The molecule has 1 saturated heterocycles. The molecule has 0 aromatic heterocycles. The Morgan fingerprint density at radius 3 is 2.29 bits per heavy atom. The summed E-state index contributed by atoms with van der Waals surface area (Å²) in [6, 6.07) is 8.34. The zero-order chi connectivity index (χ0) is 17.3. The fraction of sp³-hybridized carbons (Fsp3) is 0.632. The Morgan fingerprint density at radius 2 is 1.79 bits per heavy atom. The third-order valence-electron chi connectivity index (χ3n) is 5.29. The number of fused-ring (bicyclic) bond motifs is 1. The summed E-state index contributed by atoms with van der Waals surface area (Å²) in [6.45, 7) is 6.02. The van der Waals surface area contributed by atoms with Crippen molar-refractivity contribution < 1.29 is 14.6 Å². The maximum atomic E-state index is 13.4. The van der Waals surface area contributed by atoms with Gasteiger partial charge in [-0.15, -0.1) is 0 Å². The standard InChI is InChI=1S/C19H28N2O3/c1-14-12-21(13-15(2)24-14)19(18(23)20(3)8-9-22)10-16-6-4-5-7-17(16)11-19/h4-7,14-15,22H,8-13H2,1-3H3. The third kappa shape index (κ3) is 3.08. The lowest BCUT2D eigenvalue weighted by Crippen LogP contribution is -2.64. The molecular formula is C19H28N2O3. The van der Waals surface area contributed by atoms with Crippen LogP contribution in [0.15, 0.2) is 24.3 Å². The summed E-state index contributed by atoms with van der Waals surface area (Å²) in [5.74, 6) is 0.106. The SMILES string of the molecule is CC1CN(C2(C(=O)N(C)CCO)Cc3ccccc3C2)CC(C)O1. The van der Waals surface area contributed by atoms with Crippen LogP contribution in [-0.4, -0.2) is 71.8 Å². The van der Waals surface area contributed by atoms with Gasteiger partial charge in [0.2, 0.25) is 5.91 Å². The van der Waals surface area contributed by atoms with E-state index in [1.54, 1.807) is 11.9 Å². The first-order valence-corrected chi connectivity index (χ1v) is 8.80. The topological polar surface area (TPSA) is 53.0 Å². The Bertz CT molecular complexity index is 569. The van der Waals surface area contributed by atoms with E-state index < -0.39 is 5.54 Å². The molecule has 0 saturated carbocycles. The average molecular weight is 332 g/mol. The van der Waals surface area contributed by atoms with Crippen LogP contribution < -0.4 is 0 Å². The quantitative estimate of drug-likeness (QED) is 0.897. The van der Waals surface area contributed by atoms with Crippen molar-refractivity contribution in [3.05, 3.63) is 35.4 Å². The van der Waals surface area contributed by atoms with Crippen molar-refractivity contribution in [3.63, 3.8) is 0 Å². The summed E-state index contributed by atoms with van der Waals surface area (Å²) >= 11 is 0. The molecule has 1 aliphatic heterocycles. The van der Waals surface area contributed by atoms with E-state index in [0.717, 1.165) is 25.9 Å². The van der Waals surface area contributed by atoms with Gasteiger partial charge >= 0.3 is 0 Å². The van der Waals surface area contributed by atoms with Crippen molar-refractivity contribution in [1.82, 2.24) is 9.80 Å². The van der Waals surface area contributed by atoms with Gasteiger partial charge in [-0.2, -0.15) is 0 Å². The van der Waals surface area contributed by atoms with E-state index >= 15 is 0 Å². The number of morpholine rings is 1. The summed E-state index contributed by atoms with van der Waals surface area (Å²) in [6.07, 6.45) is 1.70. The molecule has 1 N–H and O–H groups in total. The minimum atomic E-state index is -0.556. The Labute approximate surface area is 144 Å². The molecule has 2 unspecified atom stereocenters. The van der Waals surface area contributed by atoms with Gasteiger partial charge in [-0.1, -0.05) is 24.3 Å². The van der Waals surface area contributed by atoms with Gasteiger partial charge in [0.25, 0.3) is 0 Å². The summed E-state index contributed by atoms with van der Waals surface area (Å²) in [4.78, 5) is 17.4. The van der Waals surface area contributed by atoms with Crippen LogP contribution in [0.5, 0.6) is 0 Å². The zero-order valence-corrected chi connectivity index (χ0v) is 14.9. The van der Waals surface area contributed by atoms with Gasteiger partial charge in [0.05, 0.1) is 18.8 Å². The second-order valence-corrected chi connectivity index (χ2v) is 7.27. The molecule has 0 radical (unpaired) electrons. The summed E-state index contributed by atoms with van der Waals surface area (Å²) in [5, 5.41) is 9.25. The van der Waals surface area contributed by atoms with Crippen molar-refractivity contribution in [2.75, 3.05) is 33.3 Å². The van der Waals surface area contributed by atoms with E-state index in [4.69, 9.17) is 4.74 Å². The monoisotopic (exact) mass is 332 g/mol. The molecule has 1 aliphatic carbocycles. The lowest BCUT2D eigenvalue weighted by atomic mass is 9.89. The molecule has 3 rings (SSSR count). The number of amides is 1. The maximum absolute atomic E-state index is 13.4. The molecule has 1 aromatic carbocycles. The first kappa shape index (κ1) is 17.4. The number of likely N-dealkylation sites (N-methyl/N-ethyl adjacent to an activating group) is 1. The molecule has 2 atom stereocenters. The highest BCUT2D eigenvalue weighted by atomic mass is 16.5. The molecular weight excluding hydrogens is 304 g/mol. The Kier molecular flexibility index (Phi) is 4.95. The molecule has 0 bridgehead atoms. The van der Waals surface area contributed by atoms with Gasteiger partial charge in [0, 0.05) is 39.5 Å². The number of carbonyl (C=O) groups is 1. The second kappa shape index (κ2) is 6.82. The van der Waals surface area contributed by atoms with Crippen molar-refractivity contribution in [2.24, 2.45) is 0 Å². The molecule has 1 amide bonds. The van der Waals surface area contributed by atoms with E-state index in [-0.39, 0.29) is 24.7 Å². The number of aliphatic hydroxyl groups excluding tert-OH is 1. The number of nitrogens with zero attached hydrogens (tertiary/aromatic N) is 2. The summed E-state index contributed by atoms with van der Waals surface area (Å²) in [5.41, 5.74) is 1.96. The predicted octanol–water partition coefficient (Wildman–Crippen LogP) is 1.08. The number of ether oxygens (including phenoxy) is 1. The number of aliphatic hydroxyl groups is 1. The van der Waals surface area contributed by atoms with Gasteiger partial charge < -0.3 is 14.7 Å². The lowest BCUT2D eigenvalue weighted by molar-refractivity contribution is -0.153. The van der Waals surface area contributed by atoms with Gasteiger partial charge in [-0.25, -0.2) is 0 Å². The van der Waals surface area contributed by atoms with Crippen molar-refractivity contribution in [2.45, 2.75) is 44.4 Å². The lowest BCUT2D eigenvalue weighted by Gasteiger charge is -2.47. The highest BCUT2D eigenvalue weighted by Gasteiger charge is 2.51. The van der Waals surface area contributed by atoms with Gasteiger partial charge in [0.1, 0.15) is 5.54 Å². The fourth-order valence-corrected chi connectivity index (χ4v) is 4.24. The van der Waals surface area contributed by atoms with Crippen LogP contribution >= 0.6 is 0 Å². The smallest absolute Gasteiger partial charge is 0.243 e. The molecule has 5 heteroatoms. The number of carbonyl (C=O) groups excluding carboxylic acids is 1. The van der Waals surface area contributed by atoms with Crippen LogP contribution in [0, 0.1) is 0 Å². The normalized spacial score (nSPS) is 26.2. The Balaban J connectivity index is 1.95. The average Bonchev–Trinajstić information content (AvgIpc) is 2.94. The van der Waals surface area contributed by atoms with Crippen molar-refractivity contribution in [3.8, 4) is 0 Å². The second-order valence-electron chi connectivity index (χ2n) is 7.27. The molecule has 1 heterocycles. The van der Waals surface area contributed by atoms with Crippen LogP contribution in [0.4, 0.5) is 0 Å². The Hall–Kier alpha value is -1.43. The van der Waals surface area contributed by atoms with E-state index in [1.807, 2.05) is 12.1 Å². The minimum absolute atomic E-state index is 0.0127. The van der Waals surface area contributed by atoms with Crippen LogP contribution in [0.25, 0.3) is 0 Å². The predicted molar refractivity (Wildman–Crippen MR) is 92.9 cm³/mol. The zero-order valence-electron chi connectivity index (χ0n) is 14.9. The van der Waals surface area contributed by atoms with E-state index in [1.165, 1.54) is 11.1 Å². The van der Waals surface area contributed by atoms with Crippen LogP contribution in [0.1, 0.15) is 25.0 Å². The molecule has 5 nitrogen and oxygen atoms in total. The van der Waals surface area contributed by atoms with Gasteiger partial charge in [-0.05, 0) is 25.0 Å². The number of hydrogen-bond acceptors (Lipinski definition) is 4. The Morgan fingerprint density at radius 1 is 1.25 bits per heavy atom. The third-order valence-corrected chi connectivity index (χ3v) is 5.29. The molecule has 24 heavy (non-hydrogen) atoms. The van der Waals surface area contributed by atoms with Crippen molar-refractivity contribution in [1.29, 1.82) is 0 Å². The van der Waals surface area contributed by atoms with E-state index in [2.05, 4.69) is 30.9 Å². The van der Waals surface area contributed by atoms with Gasteiger partial charge in [-0.3, -0.25) is 9.69 Å². The van der Waals surface area contributed by atoms with Crippen LogP contribution in [0.3, 0.4) is 0 Å².